The molecule has 5 atom stereocenters. The summed E-state index contributed by atoms with van der Waals surface area (Å²) in [5, 5.41) is 2.93. The number of benzene rings is 1. The first-order valence-electron chi connectivity index (χ1n) is 11.8. The standard InChI is InChI=1S/C25H35F2N3O4/c1-7-14(2)23(32)28-22(25(4,5)6)24(33)29-11-10-19-21(29)20(13-30(19)15(3)31)34-16-8-9-17(26)18(27)12-16/h8-9,12,14,19-22H,7,10-11,13H2,1-6H3,(H,28,32)/t14-,19-,20+,21+,22-/m1/s1. The smallest absolute Gasteiger partial charge is 0.246 e. The Kier molecular flexibility index (Phi) is 7.53. The van der Waals surface area contributed by atoms with Gasteiger partial charge in [-0.3, -0.25) is 14.4 Å². The average Bonchev–Trinajstić information content (AvgIpc) is 3.34. The molecule has 0 aromatic heterocycles. The first-order chi connectivity index (χ1) is 15.8. The summed E-state index contributed by atoms with van der Waals surface area (Å²) in [6, 6.07) is 1.81. The molecule has 0 radical (unpaired) electrons. The highest BCUT2D eigenvalue weighted by molar-refractivity contribution is 5.89. The van der Waals surface area contributed by atoms with Crippen molar-refractivity contribution in [2.45, 2.75) is 78.6 Å². The second kappa shape index (κ2) is 9.88. The van der Waals surface area contributed by atoms with E-state index in [1.165, 1.54) is 13.0 Å². The number of rotatable bonds is 6. The van der Waals surface area contributed by atoms with Crippen LogP contribution < -0.4 is 10.1 Å². The number of hydrogen-bond donors (Lipinski definition) is 1. The maximum Gasteiger partial charge on any atom is 0.246 e. The Morgan fingerprint density at radius 3 is 2.41 bits per heavy atom. The normalized spacial score (nSPS) is 23.9. The van der Waals surface area contributed by atoms with E-state index < -0.39 is 35.2 Å². The van der Waals surface area contributed by atoms with E-state index in [4.69, 9.17) is 4.74 Å². The first kappa shape index (κ1) is 25.9. The highest BCUT2D eigenvalue weighted by atomic mass is 19.2. The van der Waals surface area contributed by atoms with Crippen LogP contribution in [0.2, 0.25) is 0 Å². The molecular formula is C25H35F2N3O4. The van der Waals surface area contributed by atoms with E-state index in [-0.39, 0.29) is 42.0 Å². The van der Waals surface area contributed by atoms with E-state index in [2.05, 4.69) is 5.32 Å². The van der Waals surface area contributed by atoms with Gasteiger partial charge in [0.25, 0.3) is 0 Å². The van der Waals surface area contributed by atoms with Gasteiger partial charge < -0.3 is 19.9 Å². The molecule has 2 aliphatic heterocycles. The van der Waals surface area contributed by atoms with Gasteiger partial charge in [0.05, 0.1) is 18.6 Å². The highest BCUT2D eigenvalue weighted by Crippen LogP contribution is 2.36. The Bertz CT molecular complexity index is 949. The third-order valence-corrected chi connectivity index (χ3v) is 6.90. The molecule has 3 amide bonds. The van der Waals surface area contributed by atoms with E-state index in [0.29, 0.717) is 19.4 Å². The van der Waals surface area contributed by atoms with Crippen LogP contribution >= 0.6 is 0 Å². The van der Waals surface area contributed by atoms with Crippen molar-refractivity contribution in [3.05, 3.63) is 29.8 Å². The number of halogens is 2. The van der Waals surface area contributed by atoms with Crippen molar-refractivity contribution in [1.29, 1.82) is 0 Å². The van der Waals surface area contributed by atoms with Gasteiger partial charge in [-0.2, -0.15) is 0 Å². The zero-order valence-electron chi connectivity index (χ0n) is 20.7. The molecule has 0 aliphatic carbocycles. The van der Waals surface area contributed by atoms with E-state index >= 15 is 0 Å². The van der Waals surface area contributed by atoms with Gasteiger partial charge in [0, 0.05) is 25.5 Å². The van der Waals surface area contributed by atoms with Crippen LogP contribution in [0, 0.1) is 23.0 Å². The average molecular weight is 480 g/mol. The van der Waals surface area contributed by atoms with Gasteiger partial charge in [0.15, 0.2) is 11.6 Å². The van der Waals surface area contributed by atoms with E-state index in [1.807, 2.05) is 34.6 Å². The minimum absolute atomic E-state index is 0.129. The topological polar surface area (TPSA) is 79.0 Å². The predicted molar refractivity (Wildman–Crippen MR) is 123 cm³/mol. The minimum Gasteiger partial charge on any atom is -0.486 e. The van der Waals surface area contributed by atoms with E-state index in [1.54, 1.807) is 9.80 Å². The van der Waals surface area contributed by atoms with Crippen LogP contribution in [0.15, 0.2) is 18.2 Å². The molecule has 3 rings (SSSR count). The summed E-state index contributed by atoms with van der Waals surface area (Å²) in [4.78, 5) is 42.1. The molecule has 1 aromatic carbocycles. The molecule has 0 spiro atoms. The summed E-state index contributed by atoms with van der Waals surface area (Å²) in [5.41, 5.74) is -0.548. The molecule has 0 bridgehead atoms. The molecule has 1 N–H and O–H groups in total. The highest BCUT2D eigenvalue weighted by Gasteiger charge is 2.54. The van der Waals surface area contributed by atoms with Crippen molar-refractivity contribution in [3.8, 4) is 5.75 Å². The molecule has 2 heterocycles. The maximum absolute atomic E-state index is 13.8. The second-order valence-electron chi connectivity index (χ2n) is 10.4. The number of nitrogens with one attached hydrogen (secondary N) is 1. The quantitative estimate of drug-likeness (QED) is 0.680. The summed E-state index contributed by atoms with van der Waals surface area (Å²) in [6.45, 7) is 11.5. The van der Waals surface area contributed by atoms with Gasteiger partial charge in [-0.25, -0.2) is 8.78 Å². The summed E-state index contributed by atoms with van der Waals surface area (Å²) >= 11 is 0. The summed E-state index contributed by atoms with van der Waals surface area (Å²) in [5.74, 6) is -2.67. The lowest BCUT2D eigenvalue weighted by Gasteiger charge is -2.37. The number of likely N-dealkylation sites (tertiary alicyclic amines) is 2. The molecule has 2 fully saturated rings. The predicted octanol–water partition coefficient (Wildman–Crippen LogP) is 3.12. The monoisotopic (exact) mass is 479 g/mol. The van der Waals surface area contributed by atoms with Gasteiger partial charge >= 0.3 is 0 Å². The van der Waals surface area contributed by atoms with E-state index in [9.17, 15) is 23.2 Å². The van der Waals surface area contributed by atoms with Crippen LogP contribution in [0.4, 0.5) is 8.78 Å². The van der Waals surface area contributed by atoms with Crippen LogP contribution in [0.3, 0.4) is 0 Å². The van der Waals surface area contributed by atoms with Crippen LogP contribution in [-0.4, -0.2) is 64.8 Å². The van der Waals surface area contributed by atoms with E-state index in [0.717, 1.165) is 12.1 Å². The summed E-state index contributed by atoms with van der Waals surface area (Å²) in [7, 11) is 0. The number of hydrogen-bond acceptors (Lipinski definition) is 4. The number of carbonyl (C=O) groups is 3. The van der Waals surface area contributed by atoms with Crippen molar-refractivity contribution in [1.82, 2.24) is 15.1 Å². The number of amides is 3. The van der Waals surface area contributed by atoms with Gasteiger partial charge in [0.1, 0.15) is 17.9 Å². The molecule has 2 aliphatic rings. The van der Waals surface area contributed by atoms with Gasteiger partial charge in [-0.05, 0) is 30.4 Å². The molecule has 9 heteroatoms. The lowest BCUT2D eigenvalue weighted by molar-refractivity contribution is -0.142. The van der Waals surface area contributed by atoms with Crippen LogP contribution in [-0.2, 0) is 14.4 Å². The lowest BCUT2D eigenvalue weighted by atomic mass is 9.85. The minimum atomic E-state index is -1.03. The molecular weight excluding hydrogens is 444 g/mol. The number of nitrogens with zero attached hydrogens (tertiary/aromatic N) is 2. The lowest BCUT2D eigenvalue weighted by Crippen LogP contribution is -2.58. The zero-order valence-corrected chi connectivity index (χ0v) is 20.7. The molecule has 0 unspecified atom stereocenters. The molecule has 7 nitrogen and oxygen atoms in total. The number of fused-ring (bicyclic) bond motifs is 1. The van der Waals surface area contributed by atoms with Crippen LogP contribution in [0.5, 0.6) is 5.75 Å². The summed E-state index contributed by atoms with van der Waals surface area (Å²) < 4.78 is 33.1. The van der Waals surface area contributed by atoms with Crippen molar-refractivity contribution in [2.24, 2.45) is 11.3 Å². The Hall–Kier alpha value is -2.71. The molecule has 34 heavy (non-hydrogen) atoms. The van der Waals surface area contributed by atoms with Crippen molar-refractivity contribution in [2.75, 3.05) is 13.1 Å². The van der Waals surface area contributed by atoms with Gasteiger partial charge in [-0.15, -0.1) is 0 Å². The fraction of sp³-hybridized carbons (Fsp3) is 0.640. The first-order valence-corrected chi connectivity index (χ1v) is 11.8. The Morgan fingerprint density at radius 1 is 1.18 bits per heavy atom. The van der Waals surface area contributed by atoms with Crippen molar-refractivity contribution < 1.29 is 27.9 Å². The van der Waals surface area contributed by atoms with Crippen LogP contribution in [0.25, 0.3) is 0 Å². The van der Waals surface area contributed by atoms with Crippen LogP contribution in [0.1, 0.15) is 54.4 Å². The molecule has 188 valence electrons. The second-order valence-corrected chi connectivity index (χ2v) is 10.4. The third kappa shape index (κ3) is 5.18. The summed E-state index contributed by atoms with van der Waals surface area (Å²) in [6.07, 6.45) is 0.614. The Balaban J connectivity index is 1.89. The van der Waals surface area contributed by atoms with Gasteiger partial charge in [-0.1, -0.05) is 34.6 Å². The van der Waals surface area contributed by atoms with Gasteiger partial charge in [0.2, 0.25) is 17.7 Å². The fourth-order valence-corrected chi connectivity index (χ4v) is 4.76. The fourth-order valence-electron chi connectivity index (χ4n) is 4.76. The van der Waals surface area contributed by atoms with Crippen molar-refractivity contribution >= 4 is 17.7 Å². The SMILES string of the molecule is CC[C@@H](C)C(=O)N[C@H](C(=O)N1CC[C@@H]2[C@H]1[C@@H](Oc1ccc(F)c(F)c1)CN2C(C)=O)C(C)(C)C. The largest absolute Gasteiger partial charge is 0.486 e. The third-order valence-electron chi connectivity index (χ3n) is 6.90. The molecule has 0 saturated carbocycles. The number of ether oxygens (including phenoxy) is 1. The van der Waals surface area contributed by atoms with Crippen molar-refractivity contribution in [3.63, 3.8) is 0 Å². The Labute approximate surface area is 199 Å². The molecule has 2 saturated heterocycles. The zero-order chi connectivity index (χ0) is 25.4. The number of carbonyl (C=O) groups excluding carboxylic acids is 3. The molecule has 1 aromatic rings. The Morgan fingerprint density at radius 2 is 1.85 bits per heavy atom. The maximum atomic E-state index is 13.8.